The highest BCUT2D eigenvalue weighted by atomic mass is 16.5. The van der Waals surface area contributed by atoms with Gasteiger partial charge in [-0.3, -0.25) is 0 Å². The Kier molecular flexibility index (Phi) is 3.53. The van der Waals surface area contributed by atoms with E-state index in [2.05, 4.69) is 18.8 Å². The quantitative estimate of drug-likeness (QED) is 0.866. The normalized spacial score (nSPS) is 22.9. The van der Waals surface area contributed by atoms with E-state index in [1.165, 1.54) is 13.3 Å². The monoisotopic (exact) mass is 300 g/mol. The van der Waals surface area contributed by atoms with Gasteiger partial charge in [-0.2, -0.15) is 0 Å². The van der Waals surface area contributed by atoms with E-state index in [9.17, 15) is 9.90 Å². The third-order valence-electron chi connectivity index (χ3n) is 4.45. The number of carbonyl (C=O) groups excluding carboxylic acids is 1. The smallest absolute Gasteiger partial charge is 0.356 e. The minimum atomic E-state index is -0.493. The Morgan fingerprint density at radius 1 is 1.36 bits per heavy atom. The molecule has 1 aliphatic carbocycles. The van der Waals surface area contributed by atoms with Crippen LogP contribution in [0.3, 0.4) is 0 Å². The maximum Gasteiger partial charge on any atom is 0.356 e. The lowest BCUT2D eigenvalue weighted by molar-refractivity contribution is 0.0554. The molecule has 0 aliphatic heterocycles. The minimum Gasteiger partial charge on any atom is -0.464 e. The molecule has 0 spiro atoms. The van der Waals surface area contributed by atoms with Crippen molar-refractivity contribution in [1.82, 2.24) is 9.55 Å². The SMILES string of the molecule is COC(=O)c1cncn1[C@@H]1c2ccccc2[C@H](O)CC1(C)C. The summed E-state index contributed by atoms with van der Waals surface area (Å²) in [6.45, 7) is 4.19. The van der Waals surface area contributed by atoms with Gasteiger partial charge in [0, 0.05) is 0 Å². The largest absolute Gasteiger partial charge is 0.464 e. The van der Waals surface area contributed by atoms with Gasteiger partial charge < -0.3 is 14.4 Å². The number of fused-ring (bicyclic) bond motifs is 1. The summed E-state index contributed by atoms with van der Waals surface area (Å²) in [4.78, 5) is 16.1. The average Bonchev–Trinajstić information content (AvgIpc) is 2.94. The number of hydrogen-bond donors (Lipinski definition) is 1. The van der Waals surface area contributed by atoms with Gasteiger partial charge in [-0.15, -0.1) is 0 Å². The number of methoxy groups -OCH3 is 1. The fourth-order valence-electron chi connectivity index (χ4n) is 3.50. The van der Waals surface area contributed by atoms with Crippen molar-refractivity contribution in [2.75, 3.05) is 7.11 Å². The summed E-state index contributed by atoms with van der Waals surface area (Å²) in [7, 11) is 1.36. The van der Waals surface area contributed by atoms with E-state index in [4.69, 9.17) is 4.74 Å². The number of benzene rings is 1. The molecule has 0 saturated heterocycles. The van der Waals surface area contributed by atoms with Gasteiger partial charge in [-0.05, 0) is 23.0 Å². The Hall–Kier alpha value is -2.14. The third kappa shape index (κ3) is 2.22. The van der Waals surface area contributed by atoms with Crippen LogP contribution in [0.4, 0.5) is 0 Å². The highest BCUT2D eigenvalue weighted by molar-refractivity contribution is 5.87. The van der Waals surface area contributed by atoms with Gasteiger partial charge in [-0.1, -0.05) is 38.1 Å². The Morgan fingerprint density at radius 2 is 2.05 bits per heavy atom. The van der Waals surface area contributed by atoms with Gasteiger partial charge in [0.15, 0.2) is 0 Å². The van der Waals surface area contributed by atoms with Gasteiger partial charge in [0.1, 0.15) is 5.69 Å². The molecule has 1 aliphatic rings. The van der Waals surface area contributed by atoms with Gasteiger partial charge in [0.25, 0.3) is 0 Å². The molecule has 0 saturated carbocycles. The molecule has 1 N–H and O–H groups in total. The van der Waals surface area contributed by atoms with Crippen LogP contribution < -0.4 is 0 Å². The van der Waals surface area contributed by atoms with Crippen molar-refractivity contribution in [3.05, 3.63) is 53.6 Å². The molecule has 0 bridgehead atoms. The standard InChI is InChI=1S/C17H20N2O3/c1-17(2)8-14(20)11-6-4-5-7-12(11)15(17)19-10-18-9-13(19)16(21)22-3/h4-7,9-10,14-15,20H,8H2,1-3H3/t14-,15-/m1/s1. The van der Waals surface area contributed by atoms with E-state index < -0.39 is 12.1 Å². The van der Waals surface area contributed by atoms with E-state index in [0.29, 0.717) is 12.1 Å². The highest BCUT2D eigenvalue weighted by Gasteiger charge is 2.42. The zero-order valence-electron chi connectivity index (χ0n) is 13.0. The van der Waals surface area contributed by atoms with Crippen LogP contribution in [0, 0.1) is 5.41 Å². The van der Waals surface area contributed by atoms with Crippen molar-refractivity contribution in [2.24, 2.45) is 5.41 Å². The number of aliphatic hydroxyl groups is 1. The van der Waals surface area contributed by atoms with Crippen molar-refractivity contribution in [2.45, 2.75) is 32.4 Å². The molecule has 1 heterocycles. The number of ether oxygens (including phenoxy) is 1. The summed E-state index contributed by atoms with van der Waals surface area (Å²) in [6, 6.07) is 7.74. The molecule has 5 nitrogen and oxygen atoms in total. The van der Waals surface area contributed by atoms with Gasteiger partial charge in [0.2, 0.25) is 0 Å². The van der Waals surface area contributed by atoms with Crippen LogP contribution in [-0.4, -0.2) is 27.7 Å². The van der Waals surface area contributed by atoms with Crippen LogP contribution in [0.1, 0.15) is 54.0 Å². The fourth-order valence-corrected chi connectivity index (χ4v) is 3.50. The summed E-state index contributed by atoms with van der Waals surface area (Å²) >= 11 is 0. The fraction of sp³-hybridized carbons (Fsp3) is 0.412. The first-order chi connectivity index (χ1) is 10.5. The van der Waals surface area contributed by atoms with Crippen molar-refractivity contribution in [3.8, 4) is 0 Å². The van der Waals surface area contributed by atoms with Crippen LogP contribution in [0.25, 0.3) is 0 Å². The zero-order valence-corrected chi connectivity index (χ0v) is 13.0. The second-order valence-electron chi connectivity index (χ2n) is 6.42. The Labute approximate surface area is 129 Å². The second kappa shape index (κ2) is 5.25. The number of esters is 1. The van der Waals surface area contributed by atoms with Crippen molar-refractivity contribution in [3.63, 3.8) is 0 Å². The summed E-state index contributed by atoms with van der Waals surface area (Å²) in [5.74, 6) is -0.406. The summed E-state index contributed by atoms with van der Waals surface area (Å²) < 4.78 is 6.71. The molecule has 5 heteroatoms. The summed E-state index contributed by atoms with van der Waals surface area (Å²) in [5.41, 5.74) is 2.13. The van der Waals surface area contributed by atoms with Gasteiger partial charge in [0.05, 0.1) is 31.8 Å². The number of aromatic nitrogens is 2. The summed E-state index contributed by atoms with van der Waals surface area (Å²) in [5, 5.41) is 10.4. The maximum absolute atomic E-state index is 12.0. The first-order valence-electron chi connectivity index (χ1n) is 7.32. The second-order valence-corrected chi connectivity index (χ2v) is 6.42. The predicted molar refractivity (Wildman–Crippen MR) is 81.5 cm³/mol. The lowest BCUT2D eigenvalue weighted by Crippen LogP contribution is -2.36. The molecule has 0 fully saturated rings. The zero-order chi connectivity index (χ0) is 15.9. The number of imidazole rings is 1. The predicted octanol–water partition coefficient (Wildman–Crippen LogP) is 2.72. The van der Waals surface area contributed by atoms with E-state index in [1.807, 2.05) is 28.8 Å². The molecular weight excluding hydrogens is 280 g/mol. The van der Waals surface area contributed by atoms with E-state index >= 15 is 0 Å². The van der Waals surface area contributed by atoms with Crippen molar-refractivity contribution < 1.29 is 14.6 Å². The number of hydrogen-bond acceptors (Lipinski definition) is 4. The Morgan fingerprint density at radius 3 is 2.73 bits per heavy atom. The summed E-state index contributed by atoms with van der Waals surface area (Å²) in [6.07, 6.45) is 3.31. The highest BCUT2D eigenvalue weighted by Crippen LogP contribution is 2.50. The molecule has 2 aromatic rings. The van der Waals surface area contributed by atoms with Gasteiger partial charge >= 0.3 is 5.97 Å². The lowest BCUT2D eigenvalue weighted by Gasteiger charge is -2.43. The van der Waals surface area contributed by atoms with Crippen molar-refractivity contribution in [1.29, 1.82) is 0 Å². The Bertz CT molecular complexity index is 705. The minimum absolute atomic E-state index is 0.0799. The molecule has 116 valence electrons. The number of carbonyl (C=O) groups is 1. The number of aliphatic hydroxyl groups excluding tert-OH is 1. The average molecular weight is 300 g/mol. The molecule has 0 amide bonds. The molecule has 0 unspecified atom stereocenters. The van der Waals surface area contributed by atoms with Crippen LogP contribution in [0.15, 0.2) is 36.8 Å². The molecule has 2 atom stereocenters. The lowest BCUT2D eigenvalue weighted by atomic mass is 9.69. The first-order valence-corrected chi connectivity index (χ1v) is 7.32. The van der Waals surface area contributed by atoms with Crippen LogP contribution in [0.2, 0.25) is 0 Å². The molecular formula is C17H20N2O3. The van der Waals surface area contributed by atoms with Crippen LogP contribution >= 0.6 is 0 Å². The van der Waals surface area contributed by atoms with Crippen molar-refractivity contribution >= 4 is 5.97 Å². The maximum atomic E-state index is 12.0. The van der Waals surface area contributed by atoms with Gasteiger partial charge in [-0.25, -0.2) is 9.78 Å². The van der Waals surface area contributed by atoms with Crippen LogP contribution in [-0.2, 0) is 4.74 Å². The molecule has 1 aromatic carbocycles. The third-order valence-corrected chi connectivity index (χ3v) is 4.45. The van der Waals surface area contributed by atoms with E-state index in [0.717, 1.165) is 11.1 Å². The molecule has 3 rings (SSSR count). The number of rotatable bonds is 2. The van der Waals surface area contributed by atoms with Crippen LogP contribution in [0.5, 0.6) is 0 Å². The number of nitrogens with zero attached hydrogens (tertiary/aromatic N) is 2. The molecule has 22 heavy (non-hydrogen) atoms. The van der Waals surface area contributed by atoms with E-state index in [1.54, 1.807) is 6.33 Å². The topological polar surface area (TPSA) is 64.3 Å². The molecule has 0 radical (unpaired) electrons. The first kappa shape index (κ1) is 14.8. The van der Waals surface area contributed by atoms with E-state index in [-0.39, 0.29) is 11.5 Å². The Balaban J connectivity index is 2.19. The molecule has 1 aromatic heterocycles.